The second-order valence-corrected chi connectivity index (χ2v) is 6.31. The Hall–Kier alpha value is -3.03. The molecule has 0 spiro atoms. The number of benzene rings is 1. The molecule has 0 aliphatic rings. The van der Waals surface area contributed by atoms with E-state index in [2.05, 4.69) is 39.4 Å². The van der Waals surface area contributed by atoms with Gasteiger partial charge in [0.15, 0.2) is 0 Å². The number of aromatic nitrogens is 3. The Morgan fingerprint density at radius 2 is 1.96 bits per heavy atom. The van der Waals surface area contributed by atoms with Crippen molar-refractivity contribution in [2.75, 3.05) is 10.6 Å². The smallest absolute Gasteiger partial charge is 0.269 e. The summed E-state index contributed by atoms with van der Waals surface area (Å²) in [5, 5.41) is 6.75. The Labute approximate surface area is 148 Å². The van der Waals surface area contributed by atoms with Gasteiger partial charge in [0.05, 0.1) is 5.56 Å². The number of H-pyrrole nitrogens is 1. The van der Waals surface area contributed by atoms with Crippen LogP contribution in [0.15, 0.2) is 35.3 Å². The molecule has 0 atom stereocenters. The molecule has 0 aliphatic carbocycles. The van der Waals surface area contributed by atoms with E-state index in [0.29, 0.717) is 11.4 Å². The van der Waals surface area contributed by atoms with E-state index in [4.69, 9.17) is 0 Å². The highest BCUT2D eigenvalue weighted by Gasteiger charge is 2.14. The maximum Gasteiger partial charge on any atom is 0.269 e. The minimum atomic E-state index is -2.85. The van der Waals surface area contributed by atoms with E-state index in [1.807, 2.05) is 25.1 Å². The molecule has 0 bridgehead atoms. The fourth-order valence-electron chi connectivity index (χ4n) is 2.58. The number of anilines is 3. The highest BCUT2D eigenvalue weighted by Crippen LogP contribution is 2.23. The van der Waals surface area contributed by atoms with Crippen LogP contribution < -0.4 is 16.2 Å². The third kappa shape index (κ3) is 3.79. The van der Waals surface area contributed by atoms with Crippen LogP contribution in [0.5, 0.6) is 0 Å². The van der Waals surface area contributed by atoms with Crippen LogP contribution in [0, 0.1) is 6.92 Å². The number of rotatable bonds is 5. The number of nitrogens with one attached hydrogen (secondary N) is 3. The zero-order valence-corrected chi connectivity index (χ0v) is 14.6. The molecular formula is C18H19F2N5O. The Bertz CT molecular complexity index is 1000. The number of nitrogens with zero attached hydrogens (tertiary/aromatic N) is 2. The van der Waals surface area contributed by atoms with Gasteiger partial charge >= 0.3 is 0 Å². The largest absolute Gasteiger partial charge is 0.383 e. The molecule has 26 heavy (non-hydrogen) atoms. The number of alkyl halides is 2. The average molecular weight is 359 g/mol. The van der Waals surface area contributed by atoms with Crippen molar-refractivity contribution in [3.63, 3.8) is 0 Å². The van der Waals surface area contributed by atoms with Crippen molar-refractivity contribution < 1.29 is 8.78 Å². The first-order valence-corrected chi connectivity index (χ1v) is 8.16. The van der Waals surface area contributed by atoms with E-state index in [0.717, 1.165) is 23.0 Å². The SMILES string of the molecule is Cc1cc(NC(C)C)ccc1Nc1ncc2cc(C(F)F)c(=O)[nH]c2n1. The molecule has 3 N–H and O–H groups in total. The fraction of sp³-hybridized carbons (Fsp3) is 0.278. The molecule has 3 rings (SSSR count). The zero-order valence-electron chi connectivity index (χ0n) is 14.6. The summed E-state index contributed by atoms with van der Waals surface area (Å²) in [6.45, 7) is 6.07. The number of fused-ring (bicyclic) bond motifs is 1. The first-order chi connectivity index (χ1) is 12.3. The van der Waals surface area contributed by atoms with Gasteiger partial charge in [0.1, 0.15) is 5.65 Å². The Morgan fingerprint density at radius 3 is 2.62 bits per heavy atom. The molecule has 0 radical (unpaired) electrons. The van der Waals surface area contributed by atoms with Crippen LogP contribution in [-0.2, 0) is 0 Å². The maximum atomic E-state index is 12.8. The average Bonchev–Trinajstić information content (AvgIpc) is 2.56. The monoisotopic (exact) mass is 359 g/mol. The van der Waals surface area contributed by atoms with Gasteiger partial charge in [-0.05, 0) is 50.6 Å². The normalized spacial score (nSPS) is 11.3. The second-order valence-electron chi connectivity index (χ2n) is 6.31. The standard InChI is InChI=1S/C18H19F2N5O/c1-9(2)22-12-4-5-14(10(3)6-12)23-18-21-8-11-7-13(15(19)20)17(26)24-16(11)25-18/h4-9,15,22H,1-3H3,(H2,21,23,24,25,26). The number of pyridine rings is 1. The molecule has 0 fully saturated rings. The van der Waals surface area contributed by atoms with Gasteiger partial charge in [-0.25, -0.2) is 13.8 Å². The van der Waals surface area contributed by atoms with Crippen LogP contribution in [0.1, 0.15) is 31.4 Å². The Balaban J connectivity index is 1.89. The summed E-state index contributed by atoms with van der Waals surface area (Å²) in [6, 6.07) is 7.27. The maximum absolute atomic E-state index is 12.8. The summed E-state index contributed by atoms with van der Waals surface area (Å²) in [5.74, 6) is 0.269. The summed E-state index contributed by atoms with van der Waals surface area (Å²) in [7, 11) is 0. The van der Waals surface area contributed by atoms with Gasteiger partial charge in [-0.1, -0.05) is 0 Å². The van der Waals surface area contributed by atoms with Gasteiger partial charge in [0.25, 0.3) is 12.0 Å². The third-order valence-electron chi connectivity index (χ3n) is 3.79. The minimum Gasteiger partial charge on any atom is -0.383 e. The molecule has 2 aromatic heterocycles. The molecule has 0 unspecified atom stereocenters. The van der Waals surface area contributed by atoms with Gasteiger partial charge in [-0.15, -0.1) is 0 Å². The summed E-state index contributed by atoms with van der Waals surface area (Å²) < 4.78 is 25.6. The van der Waals surface area contributed by atoms with Crippen molar-refractivity contribution in [3.8, 4) is 0 Å². The first-order valence-electron chi connectivity index (χ1n) is 8.16. The van der Waals surface area contributed by atoms with Crippen LogP contribution in [-0.4, -0.2) is 21.0 Å². The molecule has 0 saturated carbocycles. The first kappa shape index (κ1) is 17.8. The number of hydrogen-bond acceptors (Lipinski definition) is 5. The predicted molar refractivity (Wildman–Crippen MR) is 98.3 cm³/mol. The van der Waals surface area contributed by atoms with E-state index in [9.17, 15) is 13.6 Å². The quantitative estimate of drug-likeness (QED) is 0.638. The summed E-state index contributed by atoms with van der Waals surface area (Å²) >= 11 is 0. The van der Waals surface area contributed by atoms with Crippen LogP contribution in [0.4, 0.5) is 26.1 Å². The topological polar surface area (TPSA) is 82.7 Å². The van der Waals surface area contributed by atoms with Gasteiger partial charge < -0.3 is 15.6 Å². The number of aryl methyl sites for hydroxylation is 1. The van der Waals surface area contributed by atoms with Crippen molar-refractivity contribution in [2.45, 2.75) is 33.2 Å². The molecule has 0 amide bonds. The fourth-order valence-corrected chi connectivity index (χ4v) is 2.58. The molecule has 8 heteroatoms. The number of hydrogen-bond donors (Lipinski definition) is 3. The van der Waals surface area contributed by atoms with Crippen molar-refractivity contribution in [1.29, 1.82) is 0 Å². The molecular weight excluding hydrogens is 340 g/mol. The summed E-state index contributed by atoms with van der Waals surface area (Å²) in [4.78, 5) is 22.4. The molecule has 1 aromatic carbocycles. The van der Waals surface area contributed by atoms with Crippen LogP contribution in [0.3, 0.4) is 0 Å². The summed E-state index contributed by atoms with van der Waals surface area (Å²) in [5.41, 5.74) is 1.56. The van der Waals surface area contributed by atoms with Crippen LogP contribution in [0.2, 0.25) is 0 Å². The van der Waals surface area contributed by atoms with Crippen molar-refractivity contribution >= 4 is 28.4 Å². The lowest BCUT2D eigenvalue weighted by molar-refractivity contribution is 0.150. The van der Waals surface area contributed by atoms with Gasteiger partial charge in [0.2, 0.25) is 5.95 Å². The zero-order chi connectivity index (χ0) is 18.8. The Morgan fingerprint density at radius 1 is 1.19 bits per heavy atom. The van der Waals surface area contributed by atoms with E-state index >= 15 is 0 Å². The third-order valence-corrected chi connectivity index (χ3v) is 3.79. The lowest BCUT2D eigenvalue weighted by atomic mass is 10.1. The number of aromatic amines is 1. The molecule has 3 aromatic rings. The van der Waals surface area contributed by atoms with Crippen molar-refractivity contribution in [2.24, 2.45) is 0 Å². The molecule has 136 valence electrons. The molecule has 0 aliphatic heterocycles. The highest BCUT2D eigenvalue weighted by molar-refractivity contribution is 5.76. The summed E-state index contributed by atoms with van der Waals surface area (Å²) in [6.07, 6.45) is -1.45. The molecule has 6 nitrogen and oxygen atoms in total. The Kier molecular flexibility index (Phi) is 4.83. The van der Waals surface area contributed by atoms with E-state index in [-0.39, 0.29) is 11.6 Å². The molecule has 2 heterocycles. The van der Waals surface area contributed by atoms with Crippen molar-refractivity contribution in [3.05, 3.63) is 51.9 Å². The minimum absolute atomic E-state index is 0.202. The van der Waals surface area contributed by atoms with Gasteiger partial charge in [-0.2, -0.15) is 4.98 Å². The van der Waals surface area contributed by atoms with Crippen LogP contribution >= 0.6 is 0 Å². The van der Waals surface area contributed by atoms with Crippen molar-refractivity contribution in [1.82, 2.24) is 15.0 Å². The van der Waals surface area contributed by atoms with E-state index in [1.54, 1.807) is 0 Å². The van der Waals surface area contributed by atoms with Gasteiger partial charge in [0, 0.05) is 29.0 Å². The number of halogens is 2. The predicted octanol–water partition coefficient (Wildman–Crippen LogP) is 4.13. The lowest BCUT2D eigenvalue weighted by Crippen LogP contribution is -2.13. The van der Waals surface area contributed by atoms with E-state index in [1.165, 1.54) is 6.20 Å². The highest BCUT2D eigenvalue weighted by atomic mass is 19.3. The molecule has 0 saturated heterocycles. The lowest BCUT2D eigenvalue weighted by Gasteiger charge is -2.13. The van der Waals surface area contributed by atoms with Gasteiger partial charge in [-0.3, -0.25) is 4.79 Å². The van der Waals surface area contributed by atoms with Crippen LogP contribution in [0.25, 0.3) is 11.0 Å². The second kappa shape index (κ2) is 7.07. The van der Waals surface area contributed by atoms with E-state index < -0.39 is 17.5 Å².